The molecule has 0 saturated heterocycles. The van der Waals surface area contributed by atoms with Crippen molar-refractivity contribution < 1.29 is 0 Å². The van der Waals surface area contributed by atoms with Crippen LogP contribution in [0.5, 0.6) is 0 Å². The molecule has 1 aliphatic rings. The molecule has 1 aromatic heterocycles. The highest BCUT2D eigenvalue weighted by Crippen LogP contribution is 2.36. The summed E-state index contributed by atoms with van der Waals surface area (Å²) in [5.74, 6) is 0.872. The van der Waals surface area contributed by atoms with Crippen LogP contribution in [-0.4, -0.2) is 27.8 Å². The predicted octanol–water partition coefficient (Wildman–Crippen LogP) is 3.82. The number of aromatic nitrogens is 2. The van der Waals surface area contributed by atoms with Crippen molar-refractivity contribution in [3.05, 3.63) is 18.0 Å². The van der Waals surface area contributed by atoms with Gasteiger partial charge in [0, 0.05) is 23.2 Å². The van der Waals surface area contributed by atoms with E-state index in [-0.39, 0.29) is 0 Å². The van der Waals surface area contributed by atoms with E-state index in [4.69, 9.17) is 0 Å². The zero-order valence-electron chi connectivity index (χ0n) is 12.9. The second-order valence-electron chi connectivity index (χ2n) is 5.78. The molecule has 20 heavy (non-hydrogen) atoms. The lowest BCUT2D eigenvalue weighted by Crippen LogP contribution is -2.43. The number of nitrogens with zero attached hydrogens (tertiary/aromatic N) is 2. The van der Waals surface area contributed by atoms with Crippen LogP contribution in [0.2, 0.25) is 0 Å². The minimum Gasteiger partial charge on any atom is -0.313 e. The largest absolute Gasteiger partial charge is 0.313 e. The lowest BCUT2D eigenvalue weighted by atomic mass is 9.84. The Bertz CT molecular complexity index is 410. The summed E-state index contributed by atoms with van der Waals surface area (Å²) in [6.45, 7) is 7.70. The van der Waals surface area contributed by atoms with Crippen molar-refractivity contribution in [1.82, 2.24) is 15.3 Å². The van der Waals surface area contributed by atoms with Crippen molar-refractivity contribution in [1.29, 1.82) is 0 Å². The summed E-state index contributed by atoms with van der Waals surface area (Å²) in [5, 5.41) is 5.28. The summed E-state index contributed by atoms with van der Waals surface area (Å²) in [6, 6.07) is 2.58. The molecule has 1 saturated carbocycles. The number of rotatable bonds is 6. The Morgan fingerprint density at radius 1 is 1.35 bits per heavy atom. The van der Waals surface area contributed by atoms with E-state index in [2.05, 4.69) is 29.1 Å². The molecule has 1 N–H and O–H groups in total. The van der Waals surface area contributed by atoms with Crippen LogP contribution < -0.4 is 5.32 Å². The van der Waals surface area contributed by atoms with Gasteiger partial charge in [-0.1, -0.05) is 32.0 Å². The number of thioether (sulfide) groups is 1. The third kappa shape index (κ3) is 4.45. The van der Waals surface area contributed by atoms with Gasteiger partial charge in [0.15, 0.2) is 5.16 Å². The van der Waals surface area contributed by atoms with Crippen LogP contribution in [0, 0.1) is 12.8 Å². The van der Waals surface area contributed by atoms with E-state index in [9.17, 15) is 0 Å². The van der Waals surface area contributed by atoms with Crippen LogP contribution in [0.3, 0.4) is 0 Å². The first kappa shape index (κ1) is 15.8. The van der Waals surface area contributed by atoms with Gasteiger partial charge >= 0.3 is 0 Å². The summed E-state index contributed by atoms with van der Waals surface area (Å²) < 4.78 is 0. The molecule has 0 aliphatic heterocycles. The molecule has 4 heteroatoms. The van der Waals surface area contributed by atoms with Gasteiger partial charge in [-0.05, 0) is 51.1 Å². The minimum absolute atomic E-state index is 0.613. The van der Waals surface area contributed by atoms with Crippen molar-refractivity contribution in [3.8, 4) is 0 Å². The number of hydrogen-bond donors (Lipinski definition) is 1. The number of nitrogens with one attached hydrogen (secondary N) is 1. The topological polar surface area (TPSA) is 37.8 Å². The van der Waals surface area contributed by atoms with Crippen LogP contribution in [0.15, 0.2) is 17.4 Å². The molecule has 1 heterocycles. The molecule has 0 amide bonds. The highest BCUT2D eigenvalue weighted by Gasteiger charge is 2.30. The van der Waals surface area contributed by atoms with Gasteiger partial charge in [-0.25, -0.2) is 9.97 Å². The molecule has 0 radical (unpaired) electrons. The Balaban J connectivity index is 2.02. The first-order chi connectivity index (χ1) is 9.72. The monoisotopic (exact) mass is 293 g/mol. The fraction of sp³-hybridized carbons (Fsp3) is 0.750. The van der Waals surface area contributed by atoms with Gasteiger partial charge in [-0.2, -0.15) is 0 Å². The summed E-state index contributed by atoms with van der Waals surface area (Å²) >= 11 is 1.87. The van der Waals surface area contributed by atoms with Crippen LogP contribution >= 0.6 is 11.8 Å². The van der Waals surface area contributed by atoms with E-state index in [1.165, 1.54) is 32.1 Å². The van der Waals surface area contributed by atoms with Crippen LogP contribution in [0.1, 0.15) is 51.6 Å². The molecular weight excluding hydrogens is 266 g/mol. The molecule has 0 aromatic carbocycles. The smallest absolute Gasteiger partial charge is 0.188 e. The van der Waals surface area contributed by atoms with Gasteiger partial charge in [0.1, 0.15) is 0 Å². The second-order valence-corrected chi connectivity index (χ2v) is 6.99. The van der Waals surface area contributed by atoms with Gasteiger partial charge in [0.2, 0.25) is 0 Å². The molecule has 112 valence electrons. The summed E-state index contributed by atoms with van der Waals surface area (Å²) in [7, 11) is 0. The lowest BCUT2D eigenvalue weighted by Gasteiger charge is -2.35. The molecule has 1 fully saturated rings. The number of hydrogen-bond acceptors (Lipinski definition) is 4. The van der Waals surface area contributed by atoms with Gasteiger partial charge in [-0.3, -0.25) is 0 Å². The van der Waals surface area contributed by atoms with Gasteiger partial charge in [0.05, 0.1) is 0 Å². The van der Waals surface area contributed by atoms with Crippen LogP contribution in [-0.2, 0) is 0 Å². The van der Waals surface area contributed by atoms with E-state index >= 15 is 0 Å². The molecule has 0 spiro atoms. The van der Waals surface area contributed by atoms with E-state index in [1.54, 1.807) is 0 Å². The fourth-order valence-corrected chi connectivity index (χ4v) is 4.25. The third-order valence-electron chi connectivity index (χ3n) is 4.16. The SMILES string of the molecule is CCCNC1CCC(CC)CC1Sc1nccc(C)n1. The lowest BCUT2D eigenvalue weighted by molar-refractivity contribution is 0.295. The van der Waals surface area contributed by atoms with E-state index in [1.807, 2.05) is 30.9 Å². The maximum absolute atomic E-state index is 4.56. The van der Waals surface area contributed by atoms with E-state index in [0.717, 1.165) is 23.3 Å². The van der Waals surface area contributed by atoms with Crippen molar-refractivity contribution in [2.24, 2.45) is 5.92 Å². The van der Waals surface area contributed by atoms with Crippen LogP contribution in [0.25, 0.3) is 0 Å². The Morgan fingerprint density at radius 2 is 2.20 bits per heavy atom. The molecule has 1 aliphatic carbocycles. The first-order valence-electron chi connectivity index (χ1n) is 7.92. The van der Waals surface area contributed by atoms with Crippen molar-refractivity contribution in [2.45, 2.75) is 69.3 Å². The summed E-state index contributed by atoms with van der Waals surface area (Å²) in [5.41, 5.74) is 1.06. The van der Waals surface area contributed by atoms with Gasteiger partial charge < -0.3 is 5.32 Å². The molecular formula is C16H27N3S. The summed E-state index contributed by atoms with van der Waals surface area (Å²) in [6.07, 6.45) is 8.32. The third-order valence-corrected chi connectivity index (χ3v) is 5.39. The minimum atomic E-state index is 0.613. The highest BCUT2D eigenvalue weighted by molar-refractivity contribution is 7.99. The van der Waals surface area contributed by atoms with E-state index in [0.29, 0.717) is 11.3 Å². The molecule has 3 unspecified atom stereocenters. The molecule has 0 bridgehead atoms. The quantitative estimate of drug-likeness (QED) is 0.809. The Hall–Kier alpha value is -0.610. The standard InChI is InChI=1S/C16H27N3S/c1-4-9-17-14-7-6-13(5-2)11-15(14)20-16-18-10-8-12(3)19-16/h8,10,13-15,17H,4-7,9,11H2,1-3H3. The summed E-state index contributed by atoms with van der Waals surface area (Å²) in [4.78, 5) is 8.98. The Labute approximate surface area is 127 Å². The number of aryl methyl sites for hydroxylation is 1. The zero-order valence-corrected chi connectivity index (χ0v) is 13.7. The highest BCUT2D eigenvalue weighted by atomic mass is 32.2. The maximum atomic E-state index is 4.56. The van der Waals surface area contributed by atoms with Crippen LogP contribution in [0.4, 0.5) is 0 Å². The molecule has 2 rings (SSSR count). The Morgan fingerprint density at radius 3 is 2.90 bits per heavy atom. The molecule has 1 aromatic rings. The average molecular weight is 293 g/mol. The molecule has 3 nitrogen and oxygen atoms in total. The fourth-order valence-electron chi connectivity index (χ4n) is 2.89. The van der Waals surface area contributed by atoms with Crippen molar-refractivity contribution >= 4 is 11.8 Å². The predicted molar refractivity (Wildman–Crippen MR) is 86.1 cm³/mol. The van der Waals surface area contributed by atoms with Gasteiger partial charge in [-0.15, -0.1) is 0 Å². The first-order valence-corrected chi connectivity index (χ1v) is 8.80. The zero-order chi connectivity index (χ0) is 14.4. The molecule has 3 atom stereocenters. The van der Waals surface area contributed by atoms with Gasteiger partial charge in [0.25, 0.3) is 0 Å². The van der Waals surface area contributed by atoms with Crippen molar-refractivity contribution in [3.63, 3.8) is 0 Å². The second kappa shape index (κ2) is 7.99. The normalized spacial score (nSPS) is 26.6. The van der Waals surface area contributed by atoms with E-state index < -0.39 is 0 Å². The Kier molecular flexibility index (Phi) is 6.30. The maximum Gasteiger partial charge on any atom is 0.188 e. The van der Waals surface area contributed by atoms with Crippen molar-refractivity contribution in [2.75, 3.05) is 6.54 Å². The average Bonchev–Trinajstić information content (AvgIpc) is 2.46.